The number of methoxy groups -OCH3 is 1. The molecular formula is C10H18NaO11S2+. The van der Waals surface area contributed by atoms with Crippen LogP contribution in [0.5, 0.6) is 0 Å². The van der Waals surface area contributed by atoms with Crippen molar-refractivity contribution in [1.82, 2.24) is 0 Å². The van der Waals surface area contributed by atoms with E-state index in [4.69, 9.17) is 23.3 Å². The van der Waals surface area contributed by atoms with Crippen molar-refractivity contribution in [2.45, 2.75) is 37.6 Å². The van der Waals surface area contributed by atoms with Crippen LogP contribution in [-0.4, -0.2) is 70.4 Å². The topological polar surface area (TPSA) is 155 Å². The molecule has 1 fully saturated rings. The molecule has 0 aromatic carbocycles. The van der Waals surface area contributed by atoms with E-state index in [0.717, 1.165) is 7.11 Å². The predicted molar refractivity (Wildman–Crippen MR) is 74.1 cm³/mol. The van der Waals surface area contributed by atoms with Gasteiger partial charge in [0.05, 0.1) is 12.7 Å². The molecule has 11 nitrogen and oxygen atoms in total. The van der Waals surface area contributed by atoms with Gasteiger partial charge in [0.2, 0.25) is 0 Å². The van der Waals surface area contributed by atoms with Crippen LogP contribution >= 0.6 is 0 Å². The van der Waals surface area contributed by atoms with Gasteiger partial charge in [-0.25, -0.2) is 8.37 Å². The van der Waals surface area contributed by atoms with Gasteiger partial charge in [0, 0.05) is 7.11 Å². The molecule has 136 valence electrons. The molecule has 1 heterocycles. The molecule has 0 aliphatic carbocycles. The Kier molecular flexibility index (Phi) is 10.0. The molecule has 0 radical (unpaired) electrons. The molecule has 0 unspecified atom stereocenters. The summed E-state index contributed by atoms with van der Waals surface area (Å²) in [6, 6.07) is 0. The zero-order chi connectivity index (χ0) is 17.8. The number of hydrogen-bond donors (Lipinski definition) is 2. The van der Waals surface area contributed by atoms with Crippen LogP contribution < -0.4 is 29.6 Å². The average molecular weight is 401 g/mol. The van der Waals surface area contributed by atoms with Gasteiger partial charge in [-0.05, 0) is 6.92 Å². The Balaban J connectivity index is 0.00000529. The predicted octanol–water partition coefficient (Wildman–Crippen LogP) is -3.67. The first-order chi connectivity index (χ1) is 10.5. The van der Waals surface area contributed by atoms with Gasteiger partial charge in [-0.2, -0.15) is 16.8 Å². The summed E-state index contributed by atoms with van der Waals surface area (Å²) in [5.41, 5.74) is 0. The molecule has 1 aliphatic rings. The summed E-state index contributed by atoms with van der Waals surface area (Å²) in [6.07, 6.45) is -5.51. The largest absolute Gasteiger partial charge is 1.00 e. The molecule has 5 atom stereocenters. The quantitative estimate of drug-likeness (QED) is 0.235. The van der Waals surface area contributed by atoms with Crippen molar-refractivity contribution in [3.05, 3.63) is 12.7 Å². The maximum absolute atomic E-state index is 11.0. The molecule has 0 bridgehead atoms. The molecule has 1 rings (SSSR count). The van der Waals surface area contributed by atoms with Crippen LogP contribution in [0.15, 0.2) is 12.7 Å². The van der Waals surface area contributed by atoms with Crippen LogP contribution in [0.3, 0.4) is 0 Å². The smallest absolute Gasteiger partial charge is 0.369 e. The van der Waals surface area contributed by atoms with Gasteiger partial charge < -0.3 is 14.2 Å². The number of rotatable bonds is 8. The summed E-state index contributed by atoms with van der Waals surface area (Å²) in [7, 11) is -8.88. The molecule has 0 spiro atoms. The molecule has 0 saturated carbocycles. The van der Waals surface area contributed by atoms with Crippen molar-refractivity contribution in [2.24, 2.45) is 0 Å². The van der Waals surface area contributed by atoms with E-state index in [1.54, 1.807) is 0 Å². The third kappa shape index (κ3) is 7.72. The molecule has 0 aromatic heterocycles. The Bertz CT molecular complexity index is 604. The van der Waals surface area contributed by atoms with E-state index in [-0.39, 0.29) is 36.2 Å². The Morgan fingerprint density at radius 2 is 1.58 bits per heavy atom. The summed E-state index contributed by atoms with van der Waals surface area (Å²) >= 11 is 0. The standard InChI is InChI=1S/C10H18O11S2.Na/c1-4-5-18-7-6(2)19-10(17-3)9(21-23(14,15)16)8(7)20-22(11,12)13;/h4,6-10H,1,5H2,2-3H3,(H,11,12,13)(H,14,15,16);/q;+1/t6-,7+,8+,9+,10+;/m0./s1. The fourth-order valence-corrected chi connectivity index (χ4v) is 3.05. The molecule has 2 N–H and O–H groups in total. The second-order valence-electron chi connectivity index (χ2n) is 4.51. The Morgan fingerprint density at radius 3 is 2.00 bits per heavy atom. The second kappa shape index (κ2) is 9.89. The zero-order valence-corrected chi connectivity index (χ0v) is 16.9. The minimum Gasteiger partial charge on any atom is -0.369 e. The van der Waals surface area contributed by atoms with Gasteiger partial charge >= 0.3 is 50.4 Å². The molecule has 0 aromatic rings. The third-order valence-electron chi connectivity index (χ3n) is 2.83. The van der Waals surface area contributed by atoms with Gasteiger partial charge in [-0.1, -0.05) is 6.08 Å². The van der Waals surface area contributed by atoms with E-state index in [0.29, 0.717) is 0 Å². The maximum Gasteiger partial charge on any atom is 1.00 e. The van der Waals surface area contributed by atoms with E-state index in [1.165, 1.54) is 13.0 Å². The van der Waals surface area contributed by atoms with E-state index in [2.05, 4.69) is 14.9 Å². The Labute approximate surface area is 162 Å². The summed E-state index contributed by atoms with van der Waals surface area (Å²) < 4.78 is 86.1. The van der Waals surface area contributed by atoms with E-state index >= 15 is 0 Å². The van der Waals surface area contributed by atoms with Gasteiger partial charge in [0.15, 0.2) is 12.4 Å². The summed E-state index contributed by atoms with van der Waals surface area (Å²) in [4.78, 5) is 0. The molecule has 0 amide bonds. The molecule has 24 heavy (non-hydrogen) atoms. The fraction of sp³-hybridized carbons (Fsp3) is 0.800. The summed E-state index contributed by atoms with van der Waals surface area (Å²) in [5.74, 6) is 0. The van der Waals surface area contributed by atoms with Gasteiger partial charge in [-0.15, -0.1) is 6.58 Å². The molecular weight excluding hydrogens is 383 g/mol. The van der Waals surface area contributed by atoms with E-state index < -0.39 is 51.5 Å². The van der Waals surface area contributed by atoms with Gasteiger partial charge in [0.25, 0.3) is 0 Å². The monoisotopic (exact) mass is 401 g/mol. The van der Waals surface area contributed by atoms with Crippen molar-refractivity contribution in [2.75, 3.05) is 13.7 Å². The molecule has 1 saturated heterocycles. The van der Waals surface area contributed by atoms with Crippen LogP contribution in [-0.2, 0) is 43.4 Å². The number of hydrogen-bond acceptors (Lipinski definition) is 9. The maximum atomic E-state index is 11.0. The van der Waals surface area contributed by atoms with Gasteiger partial charge in [0.1, 0.15) is 12.2 Å². The zero-order valence-electron chi connectivity index (χ0n) is 13.3. The first kappa shape index (κ1) is 24.4. The van der Waals surface area contributed by atoms with Crippen LogP contribution in [0.1, 0.15) is 6.92 Å². The number of ether oxygens (including phenoxy) is 3. The van der Waals surface area contributed by atoms with Gasteiger partial charge in [-0.3, -0.25) is 9.11 Å². The first-order valence-electron chi connectivity index (χ1n) is 6.20. The summed E-state index contributed by atoms with van der Waals surface area (Å²) in [6.45, 7) is 4.83. The Morgan fingerprint density at radius 1 is 1.08 bits per heavy atom. The first-order valence-corrected chi connectivity index (χ1v) is 8.93. The van der Waals surface area contributed by atoms with Crippen molar-refractivity contribution in [1.29, 1.82) is 0 Å². The molecule has 14 heteroatoms. The van der Waals surface area contributed by atoms with E-state index in [1.807, 2.05) is 0 Å². The van der Waals surface area contributed by atoms with Crippen molar-refractivity contribution in [3.8, 4) is 0 Å². The summed E-state index contributed by atoms with van der Waals surface area (Å²) in [5, 5.41) is 0. The van der Waals surface area contributed by atoms with Crippen LogP contribution in [0.4, 0.5) is 0 Å². The normalized spacial score (nSPS) is 31.2. The average Bonchev–Trinajstić information content (AvgIpc) is 2.38. The SMILES string of the molecule is C=CCO[C@H]1[C@@H](OS(=O)(=O)O)[C@@H](OS(=O)(=O)O)[C@H](OC)O[C@H]1C.[Na+]. The second-order valence-corrected chi connectivity index (χ2v) is 6.60. The van der Waals surface area contributed by atoms with Crippen molar-refractivity contribution >= 4 is 20.8 Å². The van der Waals surface area contributed by atoms with Crippen LogP contribution in [0, 0.1) is 0 Å². The van der Waals surface area contributed by atoms with Crippen molar-refractivity contribution < 1.29 is 78.1 Å². The fourth-order valence-electron chi connectivity index (χ4n) is 2.06. The van der Waals surface area contributed by atoms with Crippen LogP contribution in [0.25, 0.3) is 0 Å². The minimum absolute atomic E-state index is 0. The van der Waals surface area contributed by atoms with Crippen molar-refractivity contribution in [3.63, 3.8) is 0 Å². The molecule has 1 aliphatic heterocycles. The van der Waals surface area contributed by atoms with E-state index in [9.17, 15) is 16.8 Å². The Hall–Kier alpha value is 0.360. The minimum atomic E-state index is -5.01. The van der Waals surface area contributed by atoms with Crippen LogP contribution in [0.2, 0.25) is 0 Å². The third-order valence-corrected chi connectivity index (χ3v) is 3.76.